The van der Waals surface area contributed by atoms with Gasteiger partial charge >= 0.3 is 0 Å². The molecule has 0 bridgehead atoms. The van der Waals surface area contributed by atoms with Crippen LogP contribution >= 0.6 is 11.6 Å². The molecule has 1 amide bonds. The van der Waals surface area contributed by atoms with Crippen LogP contribution in [0.1, 0.15) is 10.4 Å². The van der Waals surface area contributed by atoms with Gasteiger partial charge in [0.1, 0.15) is 9.84 Å². The van der Waals surface area contributed by atoms with Gasteiger partial charge < -0.3 is 4.90 Å². The van der Waals surface area contributed by atoms with Crippen LogP contribution in [0.5, 0.6) is 0 Å². The number of aromatic nitrogens is 1. The summed E-state index contributed by atoms with van der Waals surface area (Å²) in [6, 6.07) is 1.50. The monoisotopic (exact) mass is 276 g/mol. The first-order valence-electron chi connectivity index (χ1n) is 4.84. The summed E-state index contributed by atoms with van der Waals surface area (Å²) in [6.07, 6.45) is 3.97. The average molecular weight is 277 g/mol. The van der Waals surface area contributed by atoms with Gasteiger partial charge in [0.05, 0.1) is 16.3 Å². The summed E-state index contributed by atoms with van der Waals surface area (Å²) >= 11 is 5.83. The van der Waals surface area contributed by atoms with E-state index >= 15 is 0 Å². The third-order valence-corrected chi connectivity index (χ3v) is 3.37. The minimum atomic E-state index is -3.08. The Bertz CT molecular complexity index is 516. The molecule has 17 heavy (non-hydrogen) atoms. The second kappa shape index (κ2) is 5.46. The van der Waals surface area contributed by atoms with Crippen LogP contribution in [0.4, 0.5) is 0 Å². The van der Waals surface area contributed by atoms with Crippen LogP contribution < -0.4 is 0 Å². The summed E-state index contributed by atoms with van der Waals surface area (Å²) in [4.78, 5) is 17.0. The Balaban J connectivity index is 2.74. The summed E-state index contributed by atoms with van der Waals surface area (Å²) < 4.78 is 22.0. The number of rotatable bonds is 4. The smallest absolute Gasteiger partial charge is 0.255 e. The molecule has 5 nitrogen and oxygen atoms in total. The Morgan fingerprint density at radius 2 is 2.18 bits per heavy atom. The van der Waals surface area contributed by atoms with Crippen LogP contribution in [0.2, 0.25) is 5.02 Å². The predicted octanol–water partition coefficient (Wildman–Crippen LogP) is 0.852. The molecule has 0 N–H and O–H groups in total. The first-order chi connectivity index (χ1) is 7.81. The fraction of sp³-hybridized carbons (Fsp3) is 0.400. The number of halogens is 1. The fourth-order valence-corrected chi connectivity index (χ4v) is 1.96. The van der Waals surface area contributed by atoms with Gasteiger partial charge in [-0.2, -0.15) is 0 Å². The first-order valence-corrected chi connectivity index (χ1v) is 7.28. The lowest BCUT2D eigenvalue weighted by Gasteiger charge is -2.16. The van der Waals surface area contributed by atoms with Crippen LogP contribution in [0.3, 0.4) is 0 Å². The minimum absolute atomic E-state index is 0.0715. The number of amides is 1. The van der Waals surface area contributed by atoms with Crippen molar-refractivity contribution in [3.8, 4) is 0 Å². The van der Waals surface area contributed by atoms with Crippen molar-refractivity contribution >= 4 is 27.3 Å². The lowest BCUT2D eigenvalue weighted by molar-refractivity contribution is 0.0803. The standard InChI is InChI=1S/C10H13ClN2O3S/c1-13(5-6-17(2,15)16)10(14)8-3-4-12-7-9(8)11/h3-4,7H,5-6H2,1-2H3. The van der Waals surface area contributed by atoms with Gasteiger partial charge in [0.15, 0.2) is 0 Å². The SMILES string of the molecule is CN(CCS(C)(=O)=O)C(=O)c1ccncc1Cl. The number of hydrogen-bond acceptors (Lipinski definition) is 4. The normalized spacial score (nSPS) is 11.2. The first kappa shape index (κ1) is 13.9. The number of nitrogens with zero attached hydrogens (tertiary/aromatic N) is 2. The van der Waals surface area contributed by atoms with Gasteiger partial charge in [-0.25, -0.2) is 8.42 Å². The summed E-state index contributed by atoms with van der Waals surface area (Å²) in [7, 11) is -1.55. The van der Waals surface area contributed by atoms with Crippen LogP contribution in [-0.4, -0.2) is 49.8 Å². The van der Waals surface area contributed by atoms with Gasteiger partial charge in [0, 0.05) is 32.2 Å². The van der Waals surface area contributed by atoms with Crippen molar-refractivity contribution < 1.29 is 13.2 Å². The largest absolute Gasteiger partial charge is 0.341 e. The Hall–Kier alpha value is -1.14. The number of hydrogen-bond donors (Lipinski definition) is 0. The molecule has 1 rings (SSSR count). The number of pyridine rings is 1. The van der Waals surface area contributed by atoms with E-state index in [1.54, 1.807) is 0 Å². The predicted molar refractivity (Wildman–Crippen MR) is 65.9 cm³/mol. The van der Waals surface area contributed by atoms with E-state index in [4.69, 9.17) is 11.6 Å². The van der Waals surface area contributed by atoms with Crippen molar-refractivity contribution in [2.75, 3.05) is 25.6 Å². The third-order valence-electron chi connectivity index (χ3n) is 2.15. The lowest BCUT2D eigenvalue weighted by atomic mass is 10.2. The average Bonchev–Trinajstić information content (AvgIpc) is 2.24. The highest BCUT2D eigenvalue weighted by Crippen LogP contribution is 2.15. The van der Waals surface area contributed by atoms with Crippen LogP contribution in [-0.2, 0) is 9.84 Å². The summed E-state index contributed by atoms with van der Waals surface area (Å²) in [5, 5.41) is 0.253. The Kier molecular flexibility index (Phi) is 4.47. The maximum Gasteiger partial charge on any atom is 0.255 e. The van der Waals surface area contributed by atoms with Crippen molar-refractivity contribution in [1.82, 2.24) is 9.88 Å². The van der Waals surface area contributed by atoms with E-state index in [0.717, 1.165) is 6.26 Å². The van der Waals surface area contributed by atoms with E-state index in [1.807, 2.05) is 0 Å². The Morgan fingerprint density at radius 3 is 2.71 bits per heavy atom. The molecule has 0 aliphatic heterocycles. The van der Waals surface area contributed by atoms with Crippen molar-refractivity contribution in [3.05, 3.63) is 29.0 Å². The van der Waals surface area contributed by atoms with E-state index in [2.05, 4.69) is 4.98 Å². The van der Waals surface area contributed by atoms with E-state index in [9.17, 15) is 13.2 Å². The van der Waals surface area contributed by atoms with Gasteiger partial charge in [0.2, 0.25) is 0 Å². The molecule has 1 aromatic rings. The Morgan fingerprint density at radius 1 is 1.53 bits per heavy atom. The third kappa shape index (κ3) is 4.32. The molecule has 0 spiro atoms. The topological polar surface area (TPSA) is 67.3 Å². The minimum Gasteiger partial charge on any atom is -0.341 e. The molecule has 0 unspecified atom stereocenters. The summed E-state index contributed by atoms with van der Waals surface area (Å²) in [6.45, 7) is 0.135. The van der Waals surface area contributed by atoms with Crippen molar-refractivity contribution in [3.63, 3.8) is 0 Å². The van der Waals surface area contributed by atoms with Crippen molar-refractivity contribution in [2.24, 2.45) is 0 Å². The second-order valence-corrected chi connectivity index (χ2v) is 6.38. The van der Waals surface area contributed by atoms with Gasteiger partial charge in [-0.15, -0.1) is 0 Å². The van der Waals surface area contributed by atoms with Crippen molar-refractivity contribution in [2.45, 2.75) is 0 Å². The van der Waals surface area contributed by atoms with E-state index in [-0.39, 0.29) is 23.2 Å². The zero-order chi connectivity index (χ0) is 13.1. The molecule has 7 heteroatoms. The number of sulfone groups is 1. The van der Waals surface area contributed by atoms with E-state index in [0.29, 0.717) is 5.56 Å². The maximum absolute atomic E-state index is 11.9. The highest BCUT2D eigenvalue weighted by molar-refractivity contribution is 7.90. The molecule has 0 radical (unpaired) electrons. The molecule has 0 saturated heterocycles. The second-order valence-electron chi connectivity index (χ2n) is 3.71. The Labute approximate surface area is 105 Å². The summed E-state index contributed by atoms with van der Waals surface area (Å²) in [5.41, 5.74) is 0.317. The van der Waals surface area contributed by atoms with E-state index < -0.39 is 9.84 Å². The van der Waals surface area contributed by atoms with Gasteiger partial charge in [-0.05, 0) is 6.07 Å². The molecule has 94 valence electrons. The fourth-order valence-electron chi connectivity index (χ4n) is 1.16. The molecule has 0 atom stereocenters. The molecule has 1 heterocycles. The zero-order valence-electron chi connectivity index (χ0n) is 9.55. The van der Waals surface area contributed by atoms with Crippen LogP contribution in [0.25, 0.3) is 0 Å². The van der Waals surface area contributed by atoms with Crippen LogP contribution in [0.15, 0.2) is 18.5 Å². The highest BCUT2D eigenvalue weighted by Gasteiger charge is 2.16. The molecule has 0 fully saturated rings. The van der Waals surface area contributed by atoms with Gasteiger partial charge in [0.25, 0.3) is 5.91 Å². The maximum atomic E-state index is 11.9. The summed E-state index contributed by atoms with van der Waals surface area (Å²) in [5.74, 6) is -0.390. The lowest BCUT2D eigenvalue weighted by Crippen LogP contribution is -2.31. The quantitative estimate of drug-likeness (QED) is 0.818. The molecule has 0 aromatic carbocycles. The highest BCUT2D eigenvalue weighted by atomic mass is 35.5. The molecule has 0 saturated carbocycles. The van der Waals surface area contributed by atoms with Gasteiger partial charge in [-0.1, -0.05) is 11.6 Å². The molecular formula is C10H13ClN2O3S. The van der Waals surface area contributed by atoms with Crippen molar-refractivity contribution in [1.29, 1.82) is 0 Å². The zero-order valence-corrected chi connectivity index (χ0v) is 11.1. The van der Waals surface area contributed by atoms with Crippen LogP contribution in [0, 0.1) is 0 Å². The molecular weight excluding hydrogens is 264 g/mol. The molecule has 1 aromatic heterocycles. The van der Waals surface area contributed by atoms with Gasteiger partial charge in [-0.3, -0.25) is 9.78 Å². The number of carbonyl (C=O) groups is 1. The molecule has 0 aliphatic carbocycles. The van der Waals surface area contributed by atoms with E-state index in [1.165, 1.54) is 30.4 Å². The molecule has 0 aliphatic rings. The number of carbonyl (C=O) groups excluding carboxylic acids is 1.